The third kappa shape index (κ3) is 6.50. The normalized spacial score (nSPS) is 22.1. The standard InChI is InChI=1S/C13H11Cl6F3NOP/c14-11(15,16)6-25(24,7-12(17,18)19)23-5-10(23)8-1-3-9(4-2-8)13(20,21)22/h1-4,10H,5-7H2. The molecule has 0 saturated carbocycles. The van der Waals surface area contributed by atoms with Crippen LogP contribution in [0.25, 0.3) is 0 Å². The van der Waals surface area contributed by atoms with Gasteiger partial charge >= 0.3 is 6.18 Å². The third-order valence-corrected chi connectivity index (χ3v) is 8.77. The van der Waals surface area contributed by atoms with Crippen LogP contribution in [0.5, 0.6) is 0 Å². The average Bonchev–Trinajstić information content (AvgIpc) is 3.13. The van der Waals surface area contributed by atoms with Crippen molar-refractivity contribution in [3.63, 3.8) is 0 Å². The molecule has 2 nitrogen and oxygen atoms in total. The summed E-state index contributed by atoms with van der Waals surface area (Å²) in [7, 11) is -3.37. The smallest absolute Gasteiger partial charge is 0.306 e. The van der Waals surface area contributed by atoms with Crippen LogP contribution >= 0.6 is 76.9 Å². The zero-order valence-electron chi connectivity index (χ0n) is 12.2. The van der Waals surface area contributed by atoms with Crippen LogP contribution in [-0.4, -0.2) is 31.1 Å². The van der Waals surface area contributed by atoms with Gasteiger partial charge < -0.3 is 4.57 Å². The molecular weight excluding hydrogens is 487 g/mol. The minimum Gasteiger partial charge on any atom is -0.306 e. The molecule has 142 valence electrons. The van der Waals surface area contributed by atoms with E-state index in [1.54, 1.807) is 0 Å². The van der Waals surface area contributed by atoms with Crippen LogP contribution in [0.3, 0.4) is 0 Å². The zero-order valence-corrected chi connectivity index (χ0v) is 17.6. The SMILES string of the molecule is O=P(CC(Cl)(Cl)Cl)(CC(Cl)(Cl)Cl)N1CC1c1ccc(C(F)(F)F)cc1. The Morgan fingerprint density at radius 3 is 1.76 bits per heavy atom. The second-order valence-corrected chi connectivity index (χ2v) is 13.5. The minimum absolute atomic E-state index is 0.310. The summed E-state index contributed by atoms with van der Waals surface area (Å²) in [5, 5.41) is 0. The van der Waals surface area contributed by atoms with Crippen LogP contribution < -0.4 is 0 Å². The fourth-order valence-corrected chi connectivity index (χ4v) is 8.55. The number of halogens is 9. The Labute approximate surface area is 172 Å². The van der Waals surface area contributed by atoms with Gasteiger partial charge in [-0.05, 0) is 17.7 Å². The van der Waals surface area contributed by atoms with Crippen molar-refractivity contribution < 1.29 is 17.7 Å². The fraction of sp³-hybridized carbons (Fsp3) is 0.538. The summed E-state index contributed by atoms with van der Waals surface area (Å²) in [6.45, 7) is 0.310. The first-order valence-corrected chi connectivity index (χ1v) is 11.1. The maximum atomic E-state index is 13.3. The van der Waals surface area contributed by atoms with Crippen LogP contribution in [0.15, 0.2) is 24.3 Å². The van der Waals surface area contributed by atoms with E-state index in [4.69, 9.17) is 69.6 Å². The van der Waals surface area contributed by atoms with Gasteiger partial charge in [-0.2, -0.15) is 13.2 Å². The molecule has 2 rings (SSSR count). The van der Waals surface area contributed by atoms with Crippen LogP contribution in [0.4, 0.5) is 13.2 Å². The van der Waals surface area contributed by atoms with Crippen molar-refractivity contribution in [2.45, 2.75) is 19.8 Å². The minimum atomic E-state index is -4.43. The van der Waals surface area contributed by atoms with E-state index in [0.29, 0.717) is 12.1 Å². The van der Waals surface area contributed by atoms with Gasteiger partial charge in [0, 0.05) is 6.54 Å². The van der Waals surface area contributed by atoms with E-state index in [0.717, 1.165) is 12.1 Å². The van der Waals surface area contributed by atoms with Crippen molar-refractivity contribution in [1.82, 2.24) is 4.67 Å². The van der Waals surface area contributed by atoms with E-state index in [1.165, 1.54) is 16.8 Å². The maximum Gasteiger partial charge on any atom is 0.416 e. The quantitative estimate of drug-likeness (QED) is 0.251. The van der Waals surface area contributed by atoms with Crippen LogP contribution in [0.1, 0.15) is 17.2 Å². The molecule has 1 aliphatic rings. The Morgan fingerprint density at radius 1 is 0.960 bits per heavy atom. The number of hydrogen-bond acceptors (Lipinski definition) is 1. The van der Waals surface area contributed by atoms with Crippen molar-refractivity contribution >= 4 is 76.9 Å². The molecule has 2 atom stereocenters. The van der Waals surface area contributed by atoms with E-state index in [2.05, 4.69) is 0 Å². The summed E-state index contributed by atoms with van der Waals surface area (Å²) in [6, 6.07) is 4.18. The lowest BCUT2D eigenvalue weighted by Gasteiger charge is -2.27. The number of rotatable bonds is 4. The third-order valence-electron chi connectivity index (χ3n) is 3.53. The molecule has 0 bridgehead atoms. The lowest BCUT2D eigenvalue weighted by molar-refractivity contribution is -0.137. The van der Waals surface area contributed by atoms with Gasteiger partial charge in [-0.25, -0.2) is 4.67 Å². The second kappa shape index (κ2) is 7.40. The molecule has 25 heavy (non-hydrogen) atoms. The first kappa shape index (κ1) is 22.2. The summed E-state index contributed by atoms with van der Waals surface area (Å²) in [5.74, 6) is 0. The largest absolute Gasteiger partial charge is 0.416 e. The van der Waals surface area contributed by atoms with Crippen molar-refractivity contribution in [2.75, 3.05) is 18.9 Å². The summed E-state index contributed by atoms with van der Waals surface area (Å²) in [6.07, 6.45) is -5.10. The van der Waals surface area contributed by atoms with Gasteiger partial charge in [0.15, 0.2) is 14.9 Å². The Kier molecular flexibility index (Phi) is 6.58. The molecule has 2 unspecified atom stereocenters. The average molecular weight is 498 g/mol. The highest BCUT2D eigenvalue weighted by Gasteiger charge is 2.53. The van der Waals surface area contributed by atoms with E-state index < -0.39 is 26.6 Å². The first-order valence-electron chi connectivity index (χ1n) is 6.77. The molecule has 1 aromatic rings. The van der Waals surface area contributed by atoms with Crippen molar-refractivity contribution in [1.29, 1.82) is 0 Å². The number of hydrogen-bond donors (Lipinski definition) is 0. The van der Waals surface area contributed by atoms with Gasteiger partial charge in [0.05, 0.1) is 23.9 Å². The Morgan fingerprint density at radius 2 is 1.40 bits per heavy atom. The molecule has 0 N–H and O–H groups in total. The van der Waals surface area contributed by atoms with E-state index in [9.17, 15) is 17.7 Å². The van der Waals surface area contributed by atoms with Crippen molar-refractivity contribution in [2.24, 2.45) is 0 Å². The molecule has 1 heterocycles. The monoisotopic (exact) mass is 495 g/mol. The first-order chi connectivity index (χ1) is 11.1. The van der Waals surface area contributed by atoms with Gasteiger partial charge in [-0.15, -0.1) is 0 Å². The van der Waals surface area contributed by atoms with E-state index in [1.807, 2.05) is 0 Å². The molecule has 0 amide bonds. The van der Waals surface area contributed by atoms with Gasteiger partial charge in [-0.3, -0.25) is 0 Å². The summed E-state index contributed by atoms with van der Waals surface area (Å²) >= 11 is 34.6. The molecule has 0 radical (unpaired) electrons. The van der Waals surface area contributed by atoms with Gasteiger partial charge in [0.2, 0.25) is 0 Å². The van der Waals surface area contributed by atoms with Gasteiger partial charge in [-0.1, -0.05) is 81.7 Å². The lowest BCUT2D eigenvalue weighted by atomic mass is 10.1. The van der Waals surface area contributed by atoms with Gasteiger partial charge in [0.25, 0.3) is 0 Å². The molecule has 1 aromatic carbocycles. The Hall–Kier alpha value is 0.940. The Balaban J connectivity index is 2.21. The predicted octanol–water partition coefficient (Wildman–Crippen LogP) is 7.08. The highest BCUT2D eigenvalue weighted by atomic mass is 35.6. The maximum absolute atomic E-state index is 13.3. The fourth-order valence-electron chi connectivity index (χ4n) is 2.50. The van der Waals surface area contributed by atoms with Crippen LogP contribution in [-0.2, 0) is 10.7 Å². The number of alkyl halides is 9. The van der Waals surface area contributed by atoms with Crippen molar-refractivity contribution in [3.05, 3.63) is 35.4 Å². The molecule has 1 aliphatic heterocycles. The number of benzene rings is 1. The summed E-state index contributed by atoms with van der Waals surface area (Å²) in [4.78, 5) is 0. The number of nitrogens with zero attached hydrogens (tertiary/aromatic N) is 1. The molecule has 12 heteroatoms. The highest BCUT2D eigenvalue weighted by molar-refractivity contribution is 7.62. The zero-order chi connectivity index (χ0) is 19.3. The van der Waals surface area contributed by atoms with E-state index in [-0.39, 0.29) is 18.4 Å². The highest BCUT2D eigenvalue weighted by Crippen LogP contribution is 2.66. The topological polar surface area (TPSA) is 20.1 Å². The summed E-state index contributed by atoms with van der Waals surface area (Å²) in [5.41, 5.74) is -0.212. The van der Waals surface area contributed by atoms with Crippen molar-refractivity contribution in [3.8, 4) is 0 Å². The summed E-state index contributed by atoms with van der Waals surface area (Å²) < 4.78 is 49.0. The second-order valence-electron chi connectivity index (χ2n) is 5.65. The molecule has 0 spiro atoms. The van der Waals surface area contributed by atoms with E-state index >= 15 is 0 Å². The molecular formula is C13H11Cl6F3NOP. The molecule has 0 aliphatic carbocycles. The molecule has 1 saturated heterocycles. The predicted molar refractivity (Wildman–Crippen MR) is 98.8 cm³/mol. The molecule has 1 fully saturated rings. The molecule has 0 aromatic heterocycles. The van der Waals surface area contributed by atoms with Crippen LogP contribution in [0, 0.1) is 0 Å². The van der Waals surface area contributed by atoms with Gasteiger partial charge in [0.1, 0.15) is 0 Å². The van der Waals surface area contributed by atoms with Crippen LogP contribution in [0.2, 0.25) is 0 Å². The lowest BCUT2D eigenvalue weighted by Crippen LogP contribution is -2.22. The Bertz CT molecular complexity index is 650.